The third-order valence-corrected chi connectivity index (χ3v) is 11.7. The number of benzene rings is 6. The highest BCUT2D eigenvalue weighted by Crippen LogP contribution is 2.34. The van der Waals surface area contributed by atoms with Gasteiger partial charge in [0.2, 0.25) is 0 Å². The molecule has 6 aromatic carbocycles. The molecular formula is C55H60O11. The Labute approximate surface area is 388 Å². The van der Waals surface area contributed by atoms with E-state index in [1.165, 1.54) is 0 Å². The minimum Gasteiger partial charge on any atom is -0.385 e. The van der Waals surface area contributed by atoms with Crippen LogP contribution in [0.15, 0.2) is 182 Å². The van der Waals surface area contributed by atoms with Gasteiger partial charge in [-0.25, -0.2) is 0 Å². The van der Waals surface area contributed by atoms with Crippen LogP contribution in [0.3, 0.4) is 0 Å². The van der Waals surface area contributed by atoms with Crippen molar-refractivity contribution in [1.82, 2.24) is 0 Å². The summed E-state index contributed by atoms with van der Waals surface area (Å²) in [7, 11) is 1.58. The van der Waals surface area contributed by atoms with E-state index >= 15 is 0 Å². The van der Waals surface area contributed by atoms with E-state index in [1.54, 1.807) is 7.11 Å². The van der Waals surface area contributed by atoms with Crippen molar-refractivity contribution in [3.05, 3.63) is 215 Å². The topological polar surface area (TPSA) is 113 Å². The van der Waals surface area contributed by atoms with Crippen molar-refractivity contribution in [3.8, 4) is 0 Å². The molecule has 0 saturated carbocycles. The van der Waals surface area contributed by atoms with Crippen LogP contribution >= 0.6 is 0 Å². The van der Waals surface area contributed by atoms with Gasteiger partial charge in [-0.2, -0.15) is 0 Å². The zero-order valence-electron chi connectivity index (χ0n) is 37.3. The van der Waals surface area contributed by atoms with Gasteiger partial charge in [-0.15, -0.1) is 0 Å². The minimum absolute atomic E-state index is 0.0732. The van der Waals surface area contributed by atoms with Crippen LogP contribution in [-0.4, -0.2) is 86.8 Å². The molecule has 66 heavy (non-hydrogen) atoms. The number of rotatable bonds is 23. The van der Waals surface area contributed by atoms with Crippen molar-refractivity contribution in [1.29, 1.82) is 0 Å². The molecule has 0 aromatic heterocycles. The van der Waals surface area contributed by atoms with Crippen molar-refractivity contribution in [2.75, 3.05) is 20.3 Å². The highest BCUT2D eigenvalue weighted by atomic mass is 16.7. The highest BCUT2D eigenvalue weighted by molar-refractivity contribution is 5.18. The maximum atomic E-state index is 12.3. The molecule has 0 bridgehead atoms. The molecule has 11 nitrogen and oxygen atoms in total. The smallest absolute Gasteiger partial charge is 0.186 e. The Morgan fingerprint density at radius 2 is 0.667 bits per heavy atom. The lowest BCUT2D eigenvalue weighted by molar-refractivity contribution is -0.346. The van der Waals surface area contributed by atoms with E-state index in [4.69, 9.17) is 47.4 Å². The molecule has 8 rings (SSSR count). The predicted octanol–water partition coefficient (Wildman–Crippen LogP) is 8.60. The molecule has 2 aliphatic rings. The third-order valence-electron chi connectivity index (χ3n) is 11.7. The van der Waals surface area contributed by atoms with Crippen LogP contribution in [-0.2, 0) is 87.0 Å². The Kier molecular flexibility index (Phi) is 18.0. The zero-order valence-corrected chi connectivity index (χ0v) is 37.3. The van der Waals surface area contributed by atoms with E-state index in [-0.39, 0.29) is 39.6 Å². The molecule has 2 heterocycles. The van der Waals surface area contributed by atoms with Gasteiger partial charge in [-0.1, -0.05) is 182 Å². The zero-order chi connectivity index (χ0) is 45.2. The molecule has 2 fully saturated rings. The minimum atomic E-state index is -1.28. The fraction of sp³-hybridized carbons (Fsp3) is 0.345. The number of ether oxygens (including phenoxy) is 10. The lowest BCUT2D eigenvalue weighted by atomic mass is 9.97. The van der Waals surface area contributed by atoms with Gasteiger partial charge in [0.05, 0.1) is 52.9 Å². The first kappa shape index (κ1) is 47.4. The summed E-state index contributed by atoms with van der Waals surface area (Å²) in [6.07, 6.45) is -8.50. The number of methoxy groups -OCH3 is 1. The molecule has 0 radical (unpaired) electrons. The number of hydrogen-bond donors (Lipinski definition) is 1. The van der Waals surface area contributed by atoms with Crippen LogP contribution in [0.25, 0.3) is 0 Å². The quantitative estimate of drug-likeness (QED) is 0.0668. The van der Waals surface area contributed by atoms with Crippen molar-refractivity contribution in [3.63, 3.8) is 0 Å². The molecule has 10 atom stereocenters. The highest BCUT2D eigenvalue weighted by Gasteiger charge is 2.51. The van der Waals surface area contributed by atoms with Gasteiger partial charge < -0.3 is 52.5 Å². The van der Waals surface area contributed by atoms with Gasteiger partial charge in [0, 0.05) is 7.11 Å². The molecule has 1 N–H and O–H groups in total. The average molecular weight is 897 g/mol. The molecule has 11 heteroatoms. The van der Waals surface area contributed by atoms with Crippen molar-refractivity contribution < 1.29 is 52.5 Å². The second-order valence-corrected chi connectivity index (χ2v) is 16.5. The standard InChI is InChI=1S/C55H60O11/c1-57-55-53(63-37-45-30-18-7-19-31-45)52(62-36-44-28-16-6-17-29-44)50(60-34-42-24-12-4-13-25-42)47(66-55)39-64-54-48(56)51(61-35-43-26-14-5-15-27-43)49(59-33-41-22-10-3-11-23-41)46(65-54)38-58-32-40-20-8-2-9-21-40/h2-31,46-56H,32-39H2,1H3/t46-,47-,48-,49-,50-,51-,52+,53-,54-,55-/m1/s1. The molecule has 346 valence electrons. The molecule has 0 aliphatic carbocycles. The fourth-order valence-electron chi connectivity index (χ4n) is 8.22. The molecule has 0 amide bonds. The first-order valence-corrected chi connectivity index (χ1v) is 22.6. The lowest BCUT2D eigenvalue weighted by Gasteiger charge is -2.47. The monoisotopic (exact) mass is 896 g/mol. The van der Waals surface area contributed by atoms with Crippen molar-refractivity contribution >= 4 is 0 Å². The van der Waals surface area contributed by atoms with Crippen LogP contribution in [0.1, 0.15) is 33.4 Å². The summed E-state index contributed by atoms with van der Waals surface area (Å²) in [5, 5.41) is 12.3. The van der Waals surface area contributed by atoms with E-state index in [0.29, 0.717) is 13.2 Å². The molecule has 2 saturated heterocycles. The second-order valence-electron chi connectivity index (χ2n) is 16.5. The largest absolute Gasteiger partial charge is 0.385 e. The average Bonchev–Trinajstić information content (AvgIpc) is 3.37. The Morgan fingerprint density at radius 1 is 0.348 bits per heavy atom. The number of hydrogen-bond acceptors (Lipinski definition) is 11. The van der Waals surface area contributed by atoms with Gasteiger partial charge in [0.15, 0.2) is 12.6 Å². The Bertz CT molecular complexity index is 2220. The Balaban J connectivity index is 1.07. The van der Waals surface area contributed by atoms with E-state index < -0.39 is 61.4 Å². The van der Waals surface area contributed by atoms with Crippen molar-refractivity contribution in [2.45, 2.75) is 101 Å². The van der Waals surface area contributed by atoms with Gasteiger partial charge in [-0.05, 0) is 33.4 Å². The predicted molar refractivity (Wildman–Crippen MR) is 247 cm³/mol. The Hall–Kier alpha value is -5.12. The van der Waals surface area contributed by atoms with Crippen LogP contribution in [0.5, 0.6) is 0 Å². The first-order valence-electron chi connectivity index (χ1n) is 22.6. The number of aliphatic hydroxyl groups is 1. The van der Waals surface area contributed by atoms with Crippen LogP contribution in [0.2, 0.25) is 0 Å². The summed E-state index contributed by atoms with van der Waals surface area (Å²) in [6, 6.07) is 59.5. The summed E-state index contributed by atoms with van der Waals surface area (Å²) >= 11 is 0. The van der Waals surface area contributed by atoms with Crippen molar-refractivity contribution in [2.24, 2.45) is 0 Å². The van der Waals surface area contributed by atoms with E-state index in [2.05, 4.69) is 0 Å². The van der Waals surface area contributed by atoms with Gasteiger partial charge >= 0.3 is 0 Å². The van der Waals surface area contributed by atoms with Crippen LogP contribution < -0.4 is 0 Å². The van der Waals surface area contributed by atoms with E-state index in [1.807, 2.05) is 182 Å². The summed E-state index contributed by atoms with van der Waals surface area (Å²) in [4.78, 5) is 0. The third kappa shape index (κ3) is 13.5. The summed E-state index contributed by atoms with van der Waals surface area (Å²) < 4.78 is 65.9. The van der Waals surface area contributed by atoms with E-state index in [9.17, 15) is 5.11 Å². The number of aliphatic hydroxyl groups excluding tert-OH is 1. The second kappa shape index (κ2) is 25.1. The summed E-state index contributed by atoms with van der Waals surface area (Å²) in [5.41, 5.74) is 5.87. The fourth-order valence-corrected chi connectivity index (χ4v) is 8.22. The van der Waals surface area contributed by atoms with Gasteiger partial charge in [0.25, 0.3) is 0 Å². The summed E-state index contributed by atoms with van der Waals surface area (Å²) in [6.45, 7) is 1.74. The van der Waals surface area contributed by atoms with E-state index in [0.717, 1.165) is 33.4 Å². The molecule has 6 aromatic rings. The maximum absolute atomic E-state index is 12.3. The Morgan fingerprint density at radius 3 is 1.08 bits per heavy atom. The SMILES string of the molecule is CO[C@@H]1O[C@H](CO[C@@H]2O[C@H](COCc3ccccc3)[C@@H](OCc3ccccc3)[C@H](OCc3ccccc3)[C@H]2O)[C@@H](OCc2ccccc2)[C@H](OCc2ccccc2)[C@H]1OCc1ccccc1. The van der Waals surface area contributed by atoms with Gasteiger partial charge in [0.1, 0.15) is 48.8 Å². The molecule has 0 spiro atoms. The lowest BCUT2D eigenvalue weighted by Crippen LogP contribution is -2.63. The molecule has 2 aliphatic heterocycles. The van der Waals surface area contributed by atoms with Gasteiger partial charge in [-0.3, -0.25) is 0 Å². The summed E-state index contributed by atoms with van der Waals surface area (Å²) in [5.74, 6) is 0. The molecular weight excluding hydrogens is 837 g/mol. The van der Waals surface area contributed by atoms with Crippen LogP contribution in [0.4, 0.5) is 0 Å². The normalized spacial score (nSPS) is 25.4. The van der Waals surface area contributed by atoms with Crippen LogP contribution in [0, 0.1) is 0 Å². The first-order chi connectivity index (χ1) is 32.6. The molecule has 0 unspecified atom stereocenters. The maximum Gasteiger partial charge on any atom is 0.186 e.